The minimum Gasteiger partial charge on any atom is -0.465 e. The van der Waals surface area contributed by atoms with Gasteiger partial charge in [-0.15, -0.1) is 0 Å². The van der Waals surface area contributed by atoms with E-state index in [-0.39, 0.29) is 11.4 Å². The van der Waals surface area contributed by atoms with Crippen molar-refractivity contribution in [2.45, 2.75) is 27.2 Å². The largest absolute Gasteiger partial charge is 0.465 e. The van der Waals surface area contributed by atoms with Gasteiger partial charge in [-0.25, -0.2) is 4.79 Å². The zero-order valence-corrected chi connectivity index (χ0v) is 20.6. The SMILES string of the molecule is Cc1cc(-c2cccc(C(=O)CC(=O)Nc3cc(Cl)c(N(C)CC(C)C)cc3NC(=O)O)c2)on1. The van der Waals surface area contributed by atoms with Crippen LogP contribution in [0.3, 0.4) is 0 Å². The summed E-state index contributed by atoms with van der Waals surface area (Å²) in [5.74, 6) is -0.150. The maximum atomic E-state index is 12.8. The average molecular weight is 499 g/mol. The van der Waals surface area contributed by atoms with Crippen LogP contribution in [-0.2, 0) is 4.79 Å². The van der Waals surface area contributed by atoms with Crippen LogP contribution in [0.1, 0.15) is 36.3 Å². The Labute approximate surface area is 208 Å². The molecule has 3 aromatic rings. The quantitative estimate of drug-likeness (QED) is 0.255. The number of carbonyl (C=O) groups excluding carboxylic acids is 2. The highest BCUT2D eigenvalue weighted by atomic mass is 35.5. The van der Waals surface area contributed by atoms with Gasteiger partial charge >= 0.3 is 6.09 Å². The smallest absolute Gasteiger partial charge is 0.409 e. The molecule has 0 unspecified atom stereocenters. The van der Waals surface area contributed by atoms with E-state index in [1.54, 1.807) is 43.3 Å². The third-order valence-corrected chi connectivity index (χ3v) is 5.37. The summed E-state index contributed by atoms with van der Waals surface area (Å²) in [5.41, 5.74) is 2.62. The van der Waals surface area contributed by atoms with E-state index < -0.39 is 24.2 Å². The fourth-order valence-electron chi connectivity index (χ4n) is 3.61. The molecule has 0 saturated heterocycles. The zero-order chi connectivity index (χ0) is 25.7. The first-order valence-corrected chi connectivity index (χ1v) is 11.3. The number of aromatic nitrogens is 1. The molecule has 9 nitrogen and oxygen atoms in total. The minimum absolute atomic E-state index is 0.149. The van der Waals surface area contributed by atoms with Gasteiger partial charge in [-0.1, -0.05) is 48.8 Å². The van der Waals surface area contributed by atoms with E-state index in [9.17, 15) is 19.5 Å². The molecule has 2 amide bonds. The second-order valence-electron chi connectivity index (χ2n) is 8.62. The third kappa shape index (κ3) is 6.83. The average Bonchev–Trinajstić information content (AvgIpc) is 3.21. The van der Waals surface area contributed by atoms with Crippen molar-refractivity contribution in [3.63, 3.8) is 0 Å². The van der Waals surface area contributed by atoms with Gasteiger partial charge in [0.1, 0.15) is 0 Å². The number of aryl methyl sites for hydroxylation is 1. The maximum absolute atomic E-state index is 12.8. The van der Waals surface area contributed by atoms with Gasteiger partial charge in [-0.2, -0.15) is 0 Å². The summed E-state index contributed by atoms with van der Waals surface area (Å²) in [4.78, 5) is 38.7. The highest BCUT2D eigenvalue weighted by Gasteiger charge is 2.18. The Bertz CT molecular complexity index is 1250. The number of nitrogens with one attached hydrogen (secondary N) is 2. The highest BCUT2D eigenvalue weighted by Crippen LogP contribution is 2.35. The molecule has 0 bridgehead atoms. The lowest BCUT2D eigenvalue weighted by Gasteiger charge is -2.24. The van der Waals surface area contributed by atoms with E-state index in [2.05, 4.69) is 29.6 Å². The van der Waals surface area contributed by atoms with Crippen LogP contribution in [-0.4, -0.2) is 41.6 Å². The lowest BCUT2D eigenvalue weighted by Crippen LogP contribution is -2.23. The fourth-order valence-corrected chi connectivity index (χ4v) is 3.92. The van der Waals surface area contributed by atoms with E-state index in [0.29, 0.717) is 45.8 Å². The Balaban J connectivity index is 1.78. The van der Waals surface area contributed by atoms with Crippen molar-refractivity contribution in [2.24, 2.45) is 5.92 Å². The molecular formula is C25H27ClN4O5. The number of nitrogens with zero attached hydrogens (tertiary/aromatic N) is 2. The number of ketones is 1. The Hall–Kier alpha value is -3.85. The van der Waals surface area contributed by atoms with Crippen molar-refractivity contribution < 1.29 is 24.0 Å². The molecule has 3 N–H and O–H groups in total. The Morgan fingerprint density at radius 2 is 1.83 bits per heavy atom. The van der Waals surface area contributed by atoms with Crippen molar-refractivity contribution in [1.29, 1.82) is 0 Å². The summed E-state index contributed by atoms with van der Waals surface area (Å²) in [7, 11) is 1.84. The summed E-state index contributed by atoms with van der Waals surface area (Å²) in [6.45, 7) is 6.59. The molecule has 0 fully saturated rings. The number of hydrogen-bond acceptors (Lipinski definition) is 6. The van der Waals surface area contributed by atoms with Crippen molar-refractivity contribution in [2.75, 3.05) is 29.1 Å². The molecule has 0 aliphatic heterocycles. The lowest BCUT2D eigenvalue weighted by atomic mass is 10.0. The van der Waals surface area contributed by atoms with Crippen LogP contribution in [0, 0.1) is 12.8 Å². The predicted octanol–water partition coefficient (Wildman–Crippen LogP) is 5.70. The van der Waals surface area contributed by atoms with Crippen molar-refractivity contribution >= 4 is 46.4 Å². The normalized spacial score (nSPS) is 10.8. The van der Waals surface area contributed by atoms with Crippen molar-refractivity contribution in [3.8, 4) is 11.3 Å². The van der Waals surface area contributed by atoms with E-state index in [1.807, 2.05) is 11.9 Å². The molecule has 184 valence electrons. The van der Waals surface area contributed by atoms with Crippen LogP contribution in [0.25, 0.3) is 11.3 Å². The van der Waals surface area contributed by atoms with Crippen molar-refractivity contribution in [1.82, 2.24) is 5.16 Å². The molecule has 35 heavy (non-hydrogen) atoms. The van der Waals surface area contributed by atoms with Gasteiger partial charge in [0.25, 0.3) is 0 Å². The Kier molecular flexibility index (Phi) is 8.14. The molecule has 1 aromatic heterocycles. The molecule has 2 aromatic carbocycles. The number of benzene rings is 2. The second kappa shape index (κ2) is 11.1. The van der Waals surface area contributed by atoms with Crippen LogP contribution in [0.4, 0.5) is 21.9 Å². The van der Waals surface area contributed by atoms with Crippen LogP contribution >= 0.6 is 11.6 Å². The molecule has 0 spiro atoms. The molecule has 0 atom stereocenters. The first kappa shape index (κ1) is 25.8. The molecule has 10 heteroatoms. The van der Waals surface area contributed by atoms with Crippen LogP contribution in [0.15, 0.2) is 47.0 Å². The summed E-state index contributed by atoms with van der Waals surface area (Å²) in [6, 6.07) is 11.5. The minimum atomic E-state index is -1.30. The molecule has 3 rings (SSSR count). The molecule has 0 radical (unpaired) electrons. The van der Waals surface area contributed by atoms with Crippen LogP contribution in [0.2, 0.25) is 5.02 Å². The summed E-state index contributed by atoms with van der Waals surface area (Å²) in [6.07, 6.45) is -1.74. The van der Waals surface area contributed by atoms with Crippen LogP contribution in [0.5, 0.6) is 0 Å². The number of halogens is 1. The van der Waals surface area contributed by atoms with Gasteiger partial charge in [0.05, 0.1) is 34.2 Å². The van der Waals surface area contributed by atoms with Gasteiger partial charge in [0, 0.05) is 30.8 Å². The fraction of sp³-hybridized carbons (Fsp3) is 0.280. The number of rotatable bonds is 9. The zero-order valence-electron chi connectivity index (χ0n) is 19.9. The lowest BCUT2D eigenvalue weighted by molar-refractivity contribution is -0.115. The predicted molar refractivity (Wildman–Crippen MR) is 135 cm³/mol. The Morgan fingerprint density at radius 1 is 1.11 bits per heavy atom. The Morgan fingerprint density at radius 3 is 2.46 bits per heavy atom. The van der Waals surface area contributed by atoms with Gasteiger partial charge in [0.2, 0.25) is 5.91 Å². The van der Waals surface area contributed by atoms with Gasteiger partial charge in [-0.3, -0.25) is 14.9 Å². The first-order valence-electron chi connectivity index (χ1n) is 10.9. The first-order chi connectivity index (χ1) is 16.5. The maximum Gasteiger partial charge on any atom is 0.409 e. The number of hydrogen-bond donors (Lipinski definition) is 3. The highest BCUT2D eigenvalue weighted by molar-refractivity contribution is 6.34. The van der Waals surface area contributed by atoms with Gasteiger partial charge in [0.15, 0.2) is 11.5 Å². The van der Waals surface area contributed by atoms with Gasteiger partial charge < -0.3 is 19.8 Å². The molecule has 1 heterocycles. The van der Waals surface area contributed by atoms with Crippen LogP contribution < -0.4 is 15.5 Å². The number of Topliss-reactive ketones (excluding diaryl/α,β-unsaturated/α-hetero) is 1. The molecular weight excluding hydrogens is 472 g/mol. The third-order valence-electron chi connectivity index (χ3n) is 5.07. The van der Waals surface area contributed by atoms with Gasteiger partial charge in [-0.05, 0) is 31.0 Å². The molecule has 0 aliphatic carbocycles. The number of carbonyl (C=O) groups is 3. The van der Waals surface area contributed by atoms with Crippen molar-refractivity contribution in [3.05, 3.63) is 58.7 Å². The topological polar surface area (TPSA) is 125 Å². The second-order valence-corrected chi connectivity index (χ2v) is 9.02. The summed E-state index contributed by atoms with van der Waals surface area (Å²) < 4.78 is 5.24. The van der Waals surface area contributed by atoms with E-state index in [4.69, 9.17) is 16.1 Å². The summed E-state index contributed by atoms with van der Waals surface area (Å²) in [5, 5.41) is 18.3. The molecule has 0 aliphatic rings. The van der Waals surface area contributed by atoms with E-state index in [1.165, 1.54) is 6.07 Å². The molecule has 0 saturated carbocycles. The summed E-state index contributed by atoms with van der Waals surface area (Å²) >= 11 is 6.43. The van der Waals surface area contributed by atoms with E-state index >= 15 is 0 Å². The van der Waals surface area contributed by atoms with E-state index in [0.717, 1.165) is 0 Å². The number of anilines is 3. The standard InChI is InChI=1S/C25H27ClN4O5/c1-14(2)13-30(4)21-11-20(28-25(33)34)19(10-18(21)26)27-24(32)12-22(31)16-6-5-7-17(9-16)23-8-15(3)29-35-23/h5-11,14,28H,12-13H2,1-4H3,(H,27,32)(H,33,34). The number of amides is 2. The monoisotopic (exact) mass is 498 g/mol. The number of carboxylic acid groups (broad SMARTS) is 1.